The Kier molecular flexibility index (Phi) is 6.38. The number of ether oxygens (including phenoxy) is 1. The van der Waals surface area contributed by atoms with Crippen molar-refractivity contribution in [2.45, 2.75) is 33.0 Å². The molecule has 0 aromatic heterocycles. The predicted molar refractivity (Wildman–Crippen MR) is 72.7 cm³/mol. The van der Waals surface area contributed by atoms with Crippen molar-refractivity contribution in [3.8, 4) is 5.75 Å². The molecular weight excluding hydrogens is 266 g/mol. The van der Waals surface area contributed by atoms with Gasteiger partial charge in [0.1, 0.15) is 5.75 Å². The minimum Gasteiger partial charge on any atom is -0.435 e. The van der Waals surface area contributed by atoms with E-state index in [4.69, 9.17) is 0 Å². The molecular formula is C14H20F2N2O2. The second-order valence-corrected chi connectivity index (χ2v) is 4.81. The quantitative estimate of drug-likeness (QED) is 0.836. The first kappa shape index (κ1) is 16.4. The maximum Gasteiger partial charge on any atom is 0.387 e. The van der Waals surface area contributed by atoms with E-state index in [1.54, 1.807) is 24.1 Å². The van der Waals surface area contributed by atoms with E-state index in [0.717, 1.165) is 5.56 Å². The minimum absolute atomic E-state index is 0.0217. The van der Waals surface area contributed by atoms with Crippen LogP contribution in [0.1, 0.15) is 19.4 Å². The third-order valence-electron chi connectivity index (χ3n) is 2.66. The van der Waals surface area contributed by atoms with Gasteiger partial charge in [-0.1, -0.05) is 26.0 Å². The molecule has 0 saturated carbocycles. The van der Waals surface area contributed by atoms with E-state index in [0.29, 0.717) is 6.54 Å². The monoisotopic (exact) mass is 286 g/mol. The van der Waals surface area contributed by atoms with Gasteiger partial charge in [-0.25, -0.2) is 0 Å². The molecule has 6 heteroatoms. The highest BCUT2D eigenvalue weighted by Gasteiger charge is 2.10. The Morgan fingerprint density at radius 2 is 1.90 bits per heavy atom. The SMILES string of the molecule is CC(C)NCC(=O)N(C)Cc1ccc(OC(F)F)cc1. The lowest BCUT2D eigenvalue weighted by Crippen LogP contribution is -2.37. The number of hydrogen-bond acceptors (Lipinski definition) is 3. The van der Waals surface area contributed by atoms with Gasteiger partial charge >= 0.3 is 6.61 Å². The number of nitrogens with zero attached hydrogens (tertiary/aromatic N) is 1. The number of hydrogen-bond donors (Lipinski definition) is 1. The highest BCUT2D eigenvalue weighted by molar-refractivity contribution is 5.78. The third-order valence-corrected chi connectivity index (χ3v) is 2.66. The van der Waals surface area contributed by atoms with Crippen molar-refractivity contribution in [2.75, 3.05) is 13.6 Å². The first-order valence-corrected chi connectivity index (χ1v) is 6.39. The van der Waals surface area contributed by atoms with Gasteiger partial charge in [0.2, 0.25) is 5.91 Å². The highest BCUT2D eigenvalue weighted by Crippen LogP contribution is 2.15. The number of nitrogens with one attached hydrogen (secondary N) is 1. The summed E-state index contributed by atoms with van der Waals surface area (Å²) >= 11 is 0. The van der Waals surface area contributed by atoms with Gasteiger partial charge in [0.15, 0.2) is 0 Å². The highest BCUT2D eigenvalue weighted by atomic mass is 19.3. The van der Waals surface area contributed by atoms with Gasteiger partial charge in [-0.05, 0) is 17.7 Å². The molecule has 0 saturated heterocycles. The summed E-state index contributed by atoms with van der Waals surface area (Å²) in [6.45, 7) is 1.81. The Bertz CT molecular complexity index is 422. The van der Waals surface area contributed by atoms with Crippen molar-refractivity contribution >= 4 is 5.91 Å². The van der Waals surface area contributed by atoms with E-state index >= 15 is 0 Å². The van der Waals surface area contributed by atoms with Gasteiger partial charge in [0, 0.05) is 19.6 Å². The average Bonchev–Trinajstić information content (AvgIpc) is 2.37. The summed E-state index contributed by atoms with van der Waals surface area (Å²) in [4.78, 5) is 13.4. The van der Waals surface area contributed by atoms with Crippen LogP contribution >= 0.6 is 0 Å². The molecule has 1 rings (SSSR count). The third kappa shape index (κ3) is 5.97. The summed E-state index contributed by atoms with van der Waals surface area (Å²) in [5.41, 5.74) is 0.854. The van der Waals surface area contributed by atoms with Gasteiger partial charge in [0.25, 0.3) is 0 Å². The summed E-state index contributed by atoms with van der Waals surface area (Å²) < 4.78 is 28.3. The van der Waals surface area contributed by atoms with Gasteiger partial charge in [-0.15, -0.1) is 0 Å². The topological polar surface area (TPSA) is 41.6 Å². The van der Waals surface area contributed by atoms with Gasteiger partial charge < -0.3 is 15.0 Å². The van der Waals surface area contributed by atoms with Crippen LogP contribution in [0.2, 0.25) is 0 Å². The first-order chi connectivity index (χ1) is 9.38. The minimum atomic E-state index is -2.83. The zero-order chi connectivity index (χ0) is 15.1. The van der Waals surface area contributed by atoms with Crippen LogP contribution in [-0.4, -0.2) is 37.1 Å². The molecule has 112 valence electrons. The normalized spacial score (nSPS) is 10.9. The summed E-state index contributed by atoms with van der Waals surface area (Å²) in [6, 6.07) is 6.51. The molecule has 0 radical (unpaired) electrons. The lowest BCUT2D eigenvalue weighted by molar-refractivity contribution is -0.129. The summed E-state index contributed by atoms with van der Waals surface area (Å²) in [5.74, 6) is 0.0887. The van der Waals surface area contributed by atoms with E-state index in [1.165, 1.54) is 12.1 Å². The molecule has 0 atom stereocenters. The van der Waals surface area contributed by atoms with Crippen molar-refractivity contribution in [2.24, 2.45) is 0 Å². The second-order valence-electron chi connectivity index (χ2n) is 4.81. The Balaban J connectivity index is 2.49. The smallest absolute Gasteiger partial charge is 0.387 e. The largest absolute Gasteiger partial charge is 0.435 e. The molecule has 0 aliphatic heterocycles. The molecule has 0 bridgehead atoms. The van der Waals surface area contributed by atoms with Crippen LogP contribution in [0.4, 0.5) is 8.78 Å². The second kappa shape index (κ2) is 7.79. The molecule has 0 heterocycles. The van der Waals surface area contributed by atoms with E-state index in [2.05, 4.69) is 10.1 Å². The van der Waals surface area contributed by atoms with E-state index in [1.807, 2.05) is 13.8 Å². The van der Waals surface area contributed by atoms with Gasteiger partial charge in [0.05, 0.1) is 6.54 Å². The van der Waals surface area contributed by atoms with E-state index in [-0.39, 0.29) is 24.2 Å². The van der Waals surface area contributed by atoms with Crippen molar-refractivity contribution in [1.29, 1.82) is 0 Å². The number of benzene rings is 1. The van der Waals surface area contributed by atoms with Crippen LogP contribution < -0.4 is 10.1 Å². The van der Waals surface area contributed by atoms with Crippen molar-refractivity contribution in [3.63, 3.8) is 0 Å². The van der Waals surface area contributed by atoms with Crippen LogP contribution in [0, 0.1) is 0 Å². The molecule has 1 N–H and O–H groups in total. The Hall–Kier alpha value is -1.69. The molecule has 1 aromatic rings. The number of amides is 1. The molecule has 0 spiro atoms. The van der Waals surface area contributed by atoms with Crippen LogP contribution in [0.25, 0.3) is 0 Å². The molecule has 20 heavy (non-hydrogen) atoms. The van der Waals surface area contributed by atoms with Gasteiger partial charge in [-0.3, -0.25) is 4.79 Å². The first-order valence-electron chi connectivity index (χ1n) is 6.39. The van der Waals surface area contributed by atoms with Crippen LogP contribution in [0.3, 0.4) is 0 Å². The molecule has 4 nitrogen and oxygen atoms in total. The van der Waals surface area contributed by atoms with Gasteiger partial charge in [-0.2, -0.15) is 8.78 Å². The maximum atomic E-state index is 12.0. The van der Waals surface area contributed by atoms with E-state index in [9.17, 15) is 13.6 Å². The fourth-order valence-electron chi connectivity index (χ4n) is 1.56. The Morgan fingerprint density at radius 3 is 2.40 bits per heavy atom. The Morgan fingerprint density at radius 1 is 1.30 bits per heavy atom. The average molecular weight is 286 g/mol. The van der Waals surface area contributed by atoms with Crippen molar-refractivity contribution in [3.05, 3.63) is 29.8 Å². The fraction of sp³-hybridized carbons (Fsp3) is 0.500. The standard InChI is InChI=1S/C14H20F2N2O2/c1-10(2)17-8-13(19)18(3)9-11-4-6-12(7-5-11)20-14(15)16/h4-7,10,14,17H,8-9H2,1-3H3. The van der Waals surface area contributed by atoms with E-state index < -0.39 is 6.61 Å². The number of alkyl halides is 2. The molecule has 0 aliphatic rings. The van der Waals surface area contributed by atoms with Crippen LogP contribution in [0.5, 0.6) is 5.75 Å². The number of carbonyl (C=O) groups excluding carboxylic acids is 1. The predicted octanol–water partition coefficient (Wildman–Crippen LogP) is 2.24. The summed E-state index contributed by atoms with van der Waals surface area (Å²) in [5, 5.41) is 3.05. The summed E-state index contributed by atoms with van der Waals surface area (Å²) in [7, 11) is 1.70. The number of carbonyl (C=O) groups is 1. The van der Waals surface area contributed by atoms with Crippen LogP contribution in [0.15, 0.2) is 24.3 Å². The zero-order valence-corrected chi connectivity index (χ0v) is 11.9. The molecule has 0 fully saturated rings. The molecule has 0 unspecified atom stereocenters. The lowest BCUT2D eigenvalue weighted by atomic mass is 10.2. The zero-order valence-electron chi connectivity index (χ0n) is 11.9. The summed E-state index contributed by atoms with van der Waals surface area (Å²) in [6.07, 6.45) is 0. The number of rotatable bonds is 7. The number of likely N-dealkylation sites (N-methyl/N-ethyl adjacent to an activating group) is 1. The maximum absolute atomic E-state index is 12.0. The van der Waals surface area contributed by atoms with Crippen LogP contribution in [-0.2, 0) is 11.3 Å². The number of halogens is 2. The van der Waals surface area contributed by atoms with Crippen molar-refractivity contribution in [1.82, 2.24) is 10.2 Å². The fourth-order valence-corrected chi connectivity index (χ4v) is 1.56. The van der Waals surface area contributed by atoms with Crippen molar-refractivity contribution < 1.29 is 18.3 Å². The molecule has 1 aromatic carbocycles. The molecule has 1 amide bonds. The lowest BCUT2D eigenvalue weighted by Gasteiger charge is -2.18. The Labute approximate surface area is 117 Å². The molecule has 0 aliphatic carbocycles.